The number of carbonyl (C=O) groups excluding carboxylic acids is 1. The van der Waals surface area contributed by atoms with Crippen LogP contribution in [0.25, 0.3) is 0 Å². The molecule has 0 bridgehead atoms. The Kier molecular flexibility index (Phi) is 1.62. The fourth-order valence-corrected chi connectivity index (χ4v) is 1.30. The molecule has 4 heteroatoms. The first-order chi connectivity index (χ1) is 5.81. The van der Waals surface area contributed by atoms with Crippen LogP contribution in [0.4, 0.5) is 0 Å². The topological polar surface area (TPSA) is 52.1 Å². The number of hydrogen-bond donors (Lipinski definition) is 0. The average molecular weight is 164 g/mol. The number of fused-ring (bicyclic) bond motifs is 1. The van der Waals surface area contributed by atoms with E-state index in [1.54, 1.807) is 6.92 Å². The molecule has 62 valence electrons. The lowest BCUT2D eigenvalue weighted by Gasteiger charge is -1.99. The van der Waals surface area contributed by atoms with Crippen molar-refractivity contribution in [2.24, 2.45) is 0 Å². The molecular formula is C8H8N2O2. The van der Waals surface area contributed by atoms with Crippen molar-refractivity contribution in [3.8, 4) is 0 Å². The van der Waals surface area contributed by atoms with Gasteiger partial charge in [0.05, 0.1) is 18.9 Å². The second kappa shape index (κ2) is 2.64. The minimum atomic E-state index is 0.462. The summed E-state index contributed by atoms with van der Waals surface area (Å²) in [5.74, 6) is 0.626. The molecule has 1 aliphatic heterocycles. The van der Waals surface area contributed by atoms with Gasteiger partial charge in [-0.2, -0.15) is 0 Å². The Morgan fingerprint density at radius 1 is 1.42 bits per heavy atom. The van der Waals surface area contributed by atoms with Crippen molar-refractivity contribution in [2.75, 3.05) is 0 Å². The molecule has 1 aromatic heterocycles. The lowest BCUT2D eigenvalue weighted by Crippen LogP contribution is -2.01. The van der Waals surface area contributed by atoms with Crippen LogP contribution in [0.1, 0.15) is 27.6 Å². The summed E-state index contributed by atoms with van der Waals surface area (Å²) in [7, 11) is 0. The van der Waals surface area contributed by atoms with Gasteiger partial charge >= 0.3 is 0 Å². The van der Waals surface area contributed by atoms with Gasteiger partial charge in [-0.05, 0) is 6.92 Å². The summed E-state index contributed by atoms with van der Waals surface area (Å²) in [4.78, 5) is 18.7. The van der Waals surface area contributed by atoms with E-state index in [1.165, 1.54) is 0 Å². The predicted molar refractivity (Wildman–Crippen MR) is 40.6 cm³/mol. The smallest absolute Gasteiger partial charge is 0.168 e. The zero-order valence-electron chi connectivity index (χ0n) is 6.70. The first-order valence-electron chi connectivity index (χ1n) is 3.70. The van der Waals surface area contributed by atoms with Crippen molar-refractivity contribution in [3.05, 3.63) is 22.8 Å². The highest BCUT2D eigenvalue weighted by atomic mass is 16.5. The molecular weight excluding hydrogens is 156 g/mol. The molecule has 0 atom stereocenters. The Labute approximate surface area is 69.6 Å². The van der Waals surface area contributed by atoms with E-state index >= 15 is 0 Å². The number of ether oxygens (including phenoxy) is 1. The van der Waals surface area contributed by atoms with Crippen LogP contribution in [0.15, 0.2) is 0 Å². The number of nitrogens with zero attached hydrogens (tertiary/aromatic N) is 2. The summed E-state index contributed by atoms with van der Waals surface area (Å²) in [5.41, 5.74) is 2.16. The van der Waals surface area contributed by atoms with E-state index in [2.05, 4.69) is 9.97 Å². The van der Waals surface area contributed by atoms with E-state index in [0.717, 1.165) is 17.5 Å². The average Bonchev–Trinajstić information content (AvgIpc) is 2.50. The maximum Gasteiger partial charge on any atom is 0.168 e. The zero-order chi connectivity index (χ0) is 8.55. The normalized spacial score (nSPS) is 14.4. The molecule has 1 aromatic rings. The van der Waals surface area contributed by atoms with E-state index in [1.807, 2.05) is 0 Å². The molecule has 0 aromatic carbocycles. The minimum absolute atomic E-state index is 0.462. The Balaban J connectivity index is 2.62. The highest BCUT2D eigenvalue weighted by Crippen LogP contribution is 2.19. The Hall–Kier alpha value is -1.29. The lowest BCUT2D eigenvalue weighted by molar-refractivity contribution is 0.111. The van der Waals surface area contributed by atoms with Crippen molar-refractivity contribution in [2.45, 2.75) is 20.1 Å². The Morgan fingerprint density at radius 3 is 3.00 bits per heavy atom. The maximum absolute atomic E-state index is 10.6. The monoisotopic (exact) mass is 164 g/mol. The Bertz CT molecular complexity index is 336. The van der Waals surface area contributed by atoms with E-state index in [-0.39, 0.29) is 0 Å². The molecule has 0 unspecified atom stereocenters. The fourth-order valence-electron chi connectivity index (χ4n) is 1.30. The summed E-state index contributed by atoms with van der Waals surface area (Å²) in [6, 6.07) is 0. The van der Waals surface area contributed by atoms with Crippen molar-refractivity contribution in [1.82, 2.24) is 9.97 Å². The molecule has 12 heavy (non-hydrogen) atoms. The Morgan fingerprint density at radius 2 is 2.25 bits per heavy atom. The minimum Gasteiger partial charge on any atom is -0.370 e. The van der Waals surface area contributed by atoms with Gasteiger partial charge in [0, 0.05) is 5.56 Å². The van der Waals surface area contributed by atoms with E-state index in [9.17, 15) is 4.79 Å². The molecule has 0 spiro atoms. The second-order valence-corrected chi connectivity index (χ2v) is 2.69. The highest BCUT2D eigenvalue weighted by molar-refractivity contribution is 5.74. The summed E-state index contributed by atoms with van der Waals surface area (Å²) < 4.78 is 5.15. The number of hydrogen-bond acceptors (Lipinski definition) is 4. The molecule has 0 aliphatic carbocycles. The summed E-state index contributed by atoms with van der Waals surface area (Å²) in [5, 5.41) is 0. The van der Waals surface area contributed by atoms with Crippen molar-refractivity contribution in [3.63, 3.8) is 0 Å². The summed E-state index contributed by atoms with van der Waals surface area (Å²) >= 11 is 0. The number of carbonyl (C=O) groups is 1. The van der Waals surface area contributed by atoms with Gasteiger partial charge in [0.15, 0.2) is 6.29 Å². The number of rotatable bonds is 1. The van der Waals surface area contributed by atoms with Crippen LogP contribution in [-0.4, -0.2) is 16.3 Å². The van der Waals surface area contributed by atoms with Crippen molar-refractivity contribution in [1.29, 1.82) is 0 Å². The van der Waals surface area contributed by atoms with Gasteiger partial charge in [0.2, 0.25) is 0 Å². The van der Waals surface area contributed by atoms with Gasteiger partial charge in [-0.15, -0.1) is 0 Å². The van der Waals surface area contributed by atoms with Gasteiger partial charge in [0.1, 0.15) is 11.5 Å². The molecule has 0 fully saturated rings. The van der Waals surface area contributed by atoms with Gasteiger partial charge < -0.3 is 4.74 Å². The maximum atomic E-state index is 10.6. The predicted octanol–water partition coefficient (Wildman–Crippen LogP) is 0.628. The molecule has 0 radical (unpaired) electrons. The number of aryl methyl sites for hydroxylation is 1. The third kappa shape index (κ3) is 1.00. The molecule has 2 rings (SSSR count). The molecule has 0 amide bonds. The summed E-state index contributed by atoms with van der Waals surface area (Å²) in [6.45, 7) is 2.73. The lowest BCUT2D eigenvalue weighted by atomic mass is 10.2. The van der Waals surface area contributed by atoms with Crippen LogP contribution in [0.5, 0.6) is 0 Å². The van der Waals surface area contributed by atoms with Crippen LogP contribution in [0.2, 0.25) is 0 Å². The van der Waals surface area contributed by atoms with E-state index in [0.29, 0.717) is 24.7 Å². The van der Waals surface area contributed by atoms with Gasteiger partial charge in [-0.3, -0.25) is 4.79 Å². The third-order valence-electron chi connectivity index (χ3n) is 1.83. The van der Waals surface area contributed by atoms with Crippen LogP contribution < -0.4 is 0 Å². The standard InChI is InChI=1S/C8H8N2O2/c1-5-9-7(2-11)6-3-12-4-8(6)10-5/h2H,3-4H2,1H3. The molecule has 2 heterocycles. The van der Waals surface area contributed by atoms with Gasteiger partial charge in [-0.1, -0.05) is 0 Å². The van der Waals surface area contributed by atoms with Crippen LogP contribution >= 0.6 is 0 Å². The van der Waals surface area contributed by atoms with E-state index in [4.69, 9.17) is 4.74 Å². The largest absolute Gasteiger partial charge is 0.370 e. The first-order valence-corrected chi connectivity index (χ1v) is 3.70. The SMILES string of the molecule is Cc1nc(C=O)c2c(n1)COC2. The zero-order valence-corrected chi connectivity index (χ0v) is 6.70. The second-order valence-electron chi connectivity index (χ2n) is 2.69. The van der Waals surface area contributed by atoms with Crippen LogP contribution in [-0.2, 0) is 18.0 Å². The van der Waals surface area contributed by atoms with Gasteiger partial charge in [0.25, 0.3) is 0 Å². The number of aldehydes is 1. The van der Waals surface area contributed by atoms with E-state index < -0.39 is 0 Å². The van der Waals surface area contributed by atoms with Crippen LogP contribution in [0, 0.1) is 6.92 Å². The third-order valence-corrected chi connectivity index (χ3v) is 1.83. The van der Waals surface area contributed by atoms with Crippen LogP contribution in [0.3, 0.4) is 0 Å². The molecule has 0 saturated carbocycles. The molecule has 0 saturated heterocycles. The van der Waals surface area contributed by atoms with Crippen molar-refractivity contribution < 1.29 is 9.53 Å². The van der Waals surface area contributed by atoms with Gasteiger partial charge in [-0.25, -0.2) is 9.97 Å². The van der Waals surface area contributed by atoms with Crippen molar-refractivity contribution >= 4 is 6.29 Å². The number of aromatic nitrogens is 2. The quantitative estimate of drug-likeness (QED) is 0.571. The fraction of sp³-hybridized carbons (Fsp3) is 0.375. The molecule has 1 aliphatic rings. The highest BCUT2D eigenvalue weighted by Gasteiger charge is 2.17. The first kappa shape index (κ1) is 7.36. The molecule has 0 N–H and O–H groups in total. The molecule has 4 nitrogen and oxygen atoms in total. The summed E-state index contributed by atoms with van der Waals surface area (Å²) in [6.07, 6.45) is 0.752.